The van der Waals surface area contributed by atoms with E-state index in [1.54, 1.807) is 18.2 Å². The van der Waals surface area contributed by atoms with Gasteiger partial charge in [0.05, 0.1) is 11.4 Å². The Kier molecular flexibility index (Phi) is 6.60. The number of hydrogen-bond donors (Lipinski definition) is 2. The van der Waals surface area contributed by atoms with Gasteiger partial charge in [0.1, 0.15) is 34.9 Å². The van der Waals surface area contributed by atoms with Crippen LogP contribution in [0.3, 0.4) is 0 Å². The van der Waals surface area contributed by atoms with Crippen LogP contribution in [0.15, 0.2) is 72.9 Å². The van der Waals surface area contributed by atoms with Gasteiger partial charge in [-0.05, 0) is 18.2 Å². The van der Waals surface area contributed by atoms with Gasteiger partial charge >= 0.3 is 0 Å². The van der Waals surface area contributed by atoms with Crippen LogP contribution < -0.4 is 15.8 Å². The van der Waals surface area contributed by atoms with Crippen molar-refractivity contribution in [1.82, 2.24) is 15.0 Å². The molecule has 0 unspecified atom stereocenters. The van der Waals surface area contributed by atoms with Gasteiger partial charge in [0.2, 0.25) is 5.95 Å². The molecule has 31 heavy (non-hydrogen) atoms. The number of rotatable bonds is 5. The number of nitrogen functional groups attached to an aromatic ring is 1. The number of hydrogen-bond acceptors (Lipinski definition) is 7. The molecule has 4 rings (SSSR count). The largest absolute Gasteiger partial charge is 0.457 e. The fourth-order valence-electron chi connectivity index (χ4n) is 2.76. The molecule has 2 aromatic carbocycles. The molecule has 0 radical (unpaired) electrons. The van der Waals surface area contributed by atoms with Gasteiger partial charge in [-0.1, -0.05) is 30.3 Å². The zero-order valence-electron chi connectivity index (χ0n) is 16.0. The highest BCUT2D eigenvalue weighted by atomic mass is 35.5. The number of benzene rings is 2. The maximum Gasteiger partial charge on any atom is 0.222 e. The monoisotopic (exact) mass is 434 g/mol. The summed E-state index contributed by atoms with van der Waals surface area (Å²) in [6.45, 7) is 0. The van der Waals surface area contributed by atoms with Crippen LogP contribution in [0, 0.1) is 17.1 Å². The van der Waals surface area contributed by atoms with Crippen LogP contribution in [-0.2, 0) is 0 Å². The van der Waals surface area contributed by atoms with Gasteiger partial charge in [-0.15, -0.1) is 12.4 Å². The van der Waals surface area contributed by atoms with E-state index in [2.05, 4.69) is 20.3 Å². The van der Waals surface area contributed by atoms with Gasteiger partial charge in [-0.3, -0.25) is 0 Å². The molecule has 0 amide bonds. The first-order valence-electron chi connectivity index (χ1n) is 8.91. The van der Waals surface area contributed by atoms with Gasteiger partial charge in [0.25, 0.3) is 0 Å². The number of halogens is 2. The van der Waals surface area contributed by atoms with Crippen LogP contribution in [0.5, 0.6) is 11.5 Å². The van der Waals surface area contributed by atoms with Gasteiger partial charge in [0.15, 0.2) is 0 Å². The number of ether oxygens (including phenoxy) is 1. The Morgan fingerprint density at radius 1 is 0.968 bits per heavy atom. The molecule has 9 heteroatoms. The Balaban J connectivity index is 0.00000272. The number of nitrogens with one attached hydrogen (secondary N) is 1. The molecular weight excluding hydrogens is 419 g/mol. The smallest absolute Gasteiger partial charge is 0.222 e. The summed E-state index contributed by atoms with van der Waals surface area (Å²) in [6.07, 6.45) is 1.45. The quantitative estimate of drug-likeness (QED) is 0.450. The third-order valence-electron chi connectivity index (χ3n) is 4.10. The summed E-state index contributed by atoms with van der Waals surface area (Å²) in [5, 5.41) is 11.8. The number of nitrogens with zero attached hydrogens (tertiary/aromatic N) is 4. The van der Waals surface area contributed by atoms with Crippen molar-refractivity contribution in [2.45, 2.75) is 0 Å². The predicted molar refractivity (Wildman–Crippen MR) is 118 cm³/mol. The summed E-state index contributed by atoms with van der Waals surface area (Å²) < 4.78 is 20.2. The van der Waals surface area contributed by atoms with Crippen molar-refractivity contribution in [3.63, 3.8) is 0 Å². The van der Waals surface area contributed by atoms with Gasteiger partial charge in [-0.25, -0.2) is 14.4 Å². The molecule has 0 aliphatic heterocycles. The number of pyridine rings is 1. The number of aromatic nitrogens is 3. The van der Waals surface area contributed by atoms with E-state index in [4.69, 9.17) is 15.7 Å². The molecule has 7 nitrogen and oxygen atoms in total. The SMILES string of the molecule is Cl.N#Cc1cc(Oc2ccc(Nc3cc(-c4ccccc4)nc(N)n3)c(F)c2)ccn1. The van der Waals surface area contributed by atoms with E-state index in [1.807, 2.05) is 36.4 Å². The van der Waals surface area contributed by atoms with E-state index in [1.165, 1.54) is 24.4 Å². The van der Waals surface area contributed by atoms with Crippen molar-refractivity contribution in [3.8, 4) is 28.8 Å². The van der Waals surface area contributed by atoms with Crippen molar-refractivity contribution in [2.24, 2.45) is 0 Å². The number of anilines is 3. The lowest BCUT2D eigenvalue weighted by atomic mass is 10.1. The second kappa shape index (κ2) is 9.52. The minimum Gasteiger partial charge on any atom is -0.457 e. The predicted octanol–water partition coefficient (Wildman–Crippen LogP) is 5.09. The minimum atomic E-state index is -0.541. The maximum absolute atomic E-state index is 14.6. The van der Waals surface area contributed by atoms with Gasteiger partial charge in [-0.2, -0.15) is 10.2 Å². The summed E-state index contributed by atoms with van der Waals surface area (Å²) in [4.78, 5) is 12.2. The van der Waals surface area contributed by atoms with Crippen LogP contribution >= 0.6 is 12.4 Å². The molecule has 0 saturated heterocycles. The lowest BCUT2D eigenvalue weighted by Gasteiger charge is -2.11. The first-order valence-corrected chi connectivity index (χ1v) is 8.91. The molecule has 0 atom stereocenters. The fourth-order valence-corrected chi connectivity index (χ4v) is 2.76. The summed E-state index contributed by atoms with van der Waals surface area (Å²) in [5.74, 6) is 0.561. The molecule has 0 saturated carbocycles. The average molecular weight is 435 g/mol. The zero-order chi connectivity index (χ0) is 20.9. The van der Waals surface area contributed by atoms with Crippen molar-refractivity contribution in [2.75, 3.05) is 11.1 Å². The molecule has 0 spiro atoms. The van der Waals surface area contributed by atoms with Crippen LogP contribution in [0.25, 0.3) is 11.3 Å². The Bertz CT molecular complexity index is 1250. The normalized spacial score (nSPS) is 9.94. The van der Waals surface area contributed by atoms with E-state index in [0.717, 1.165) is 5.56 Å². The van der Waals surface area contributed by atoms with Crippen LogP contribution in [0.4, 0.5) is 21.8 Å². The fraction of sp³-hybridized carbons (Fsp3) is 0. The van der Waals surface area contributed by atoms with Crippen LogP contribution in [0.2, 0.25) is 0 Å². The molecule has 2 aromatic heterocycles. The van der Waals surface area contributed by atoms with E-state index >= 15 is 0 Å². The van der Waals surface area contributed by atoms with E-state index in [-0.39, 0.29) is 35.5 Å². The molecule has 154 valence electrons. The van der Waals surface area contributed by atoms with Gasteiger partial charge in [0, 0.05) is 30.0 Å². The molecule has 0 bridgehead atoms. The number of nitrogens with two attached hydrogens (primary N) is 1. The van der Waals surface area contributed by atoms with E-state index in [0.29, 0.717) is 17.3 Å². The van der Waals surface area contributed by atoms with E-state index in [9.17, 15) is 4.39 Å². The topological polar surface area (TPSA) is 110 Å². The summed E-state index contributed by atoms with van der Waals surface area (Å²) >= 11 is 0. The first-order chi connectivity index (χ1) is 14.6. The maximum atomic E-state index is 14.6. The Hall–Kier alpha value is -4.22. The van der Waals surface area contributed by atoms with Crippen molar-refractivity contribution < 1.29 is 9.13 Å². The Morgan fingerprint density at radius 2 is 1.74 bits per heavy atom. The standard InChI is InChI=1S/C22H15FN6O.ClH/c23-18-11-16(30-17-8-9-26-15(10-17)13-24)6-7-19(18)27-21-12-20(28-22(25)29-21)14-4-2-1-3-5-14;/h1-12H,(H3,25,27,28,29);1H. The minimum absolute atomic E-state index is 0. The van der Waals surface area contributed by atoms with Crippen molar-refractivity contribution in [1.29, 1.82) is 5.26 Å². The first kappa shape index (κ1) is 21.5. The molecular formula is C22H16ClFN6O. The van der Waals surface area contributed by atoms with Crippen LogP contribution in [0.1, 0.15) is 5.69 Å². The second-order valence-electron chi connectivity index (χ2n) is 6.22. The highest BCUT2D eigenvalue weighted by Gasteiger charge is 2.10. The molecule has 3 N–H and O–H groups in total. The van der Waals surface area contributed by atoms with Crippen molar-refractivity contribution >= 4 is 29.9 Å². The van der Waals surface area contributed by atoms with Gasteiger partial charge < -0.3 is 15.8 Å². The molecule has 2 heterocycles. The Labute approximate surface area is 183 Å². The lowest BCUT2D eigenvalue weighted by Crippen LogP contribution is -2.02. The zero-order valence-corrected chi connectivity index (χ0v) is 16.8. The highest BCUT2D eigenvalue weighted by molar-refractivity contribution is 5.85. The third-order valence-corrected chi connectivity index (χ3v) is 4.10. The van der Waals surface area contributed by atoms with Crippen molar-refractivity contribution in [3.05, 3.63) is 84.4 Å². The molecule has 0 fully saturated rings. The number of nitriles is 1. The van der Waals surface area contributed by atoms with E-state index < -0.39 is 5.82 Å². The lowest BCUT2D eigenvalue weighted by molar-refractivity contribution is 0.476. The Morgan fingerprint density at radius 3 is 2.48 bits per heavy atom. The highest BCUT2D eigenvalue weighted by Crippen LogP contribution is 2.28. The molecule has 4 aromatic rings. The summed E-state index contributed by atoms with van der Waals surface area (Å²) in [6, 6.07) is 20.5. The summed E-state index contributed by atoms with van der Waals surface area (Å²) in [7, 11) is 0. The molecule has 0 aliphatic rings. The summed E-state index contributed by atoms with van der Waals surface area (Å²) in [5.41, 5.74) is 7.72. The second-order valence-corrected chi connectivity index (χ2v) is 6.22. The third kappa shape index (κ3) is 5.23. The average Bonchev–Trinajstić information content (AvgIpc) is 2.76. The molecule has 0 aliphatic carbocycles. The van der Waals surface area contributed by atoms with Crippen LogP contribution in [-0.4, -0.2) is 15.0 Å².